The van der Waals surface area contributed by atoms with E-state index in [0.29, 0.717) is 42.2 Å². The Morgan fingerprint density at radius 3 is 2.56 bits per heavy atom. The number of nitrogens with one attached hydrogen (secondary N) is 1. The van der Waals surface area contributed by atoms with Gasteiger partial charge in [0.25, 0.3) is 0 Å². The van der Waals surface area contributed by atoms with Gasteiger partial charge in [0.05, 0.1) is 36.7 Å². The molecule has 0 bridgehead atoms. The minimum absolute atomic E-state index is 0.00649. The highest BCUT2D eigenvalue weighted by Gasteiger charge is 2.40. The van der Waals surface area contributed by atoms with Gasteiger partial charge in [-0.05, 0) is 37.7 Å². The van der Waals surface area contributed by atoms with Gasteiger partial charge in [0, 0.05) is 42.5 Å². The first kappa shape index (κ1) is 31.4. The largest absolute Gasteiger partial charge is 0.466 e. The van der Waals surface area contributed by atoms with Crippen LogP contribution < -0.4 is 5.32 Å². The minimum atomic E-state index is -3.63. The number of aliphatic hydroxyl groups excluding tert-OH is 1. The Hall–Kier alpha value is -2.49. The molecule has 0 saturated heterocycles. The number of ether oxygens (including phenoxy) is 2. The number of hydrogen-bond acceptors (Lipinski definition) is 10. The summed E-state index contributed by atoms with van der Waals surface area (Å²) in [6.07, 6.45) is 3.54. The first-order valence-corrected chi connectivity index (χ1v) is 15.9. The van der Waals surface area contributed by atoms with Crippen LogP contribution in [0.1, 0.15) is 42.3 Å². The smallest absolute Gasteiger partial charge is 0.338 e. The number of carbonyl (C=O) groups is 1. The van der Waals surface area contributed by atoms with E-state index in [9.17, 15) is 27.1 Å². The van der Waals surface area contributed by atoms with Crippen LogP contribution in [-0.2, 0) is 24.3 Å². The highest BCUT2D eigenvalue weighted by Crippen LogP contribution is 2.42. The maximum atomic E-state index is 14.5. The van der Waals surface area contributed by atoms with Crippen molar-refractivity contribution < 1.29 is 36.6 Å². The number of allylic oxidation sites excluding steroid dienone is 1. The first-order chi connectivity index (χ1) is 19.5. The lowest BCUT2D eigenvalue weighted by Gasteiger charge is -2.38. The van der Waals surface area contributed by atoms with Crippen molar-refractivity contribution in [2.45, 2.75) is 43.9 Å². The zero-order valence-electron chi connectivity index (χ0n) is 22.6. The lowest BCUT2D eigenvalue weighted by molar-refractivity contribution is -0.136. The summed E-state index contributed by atoms with van der Waals surface area (Å²) in [6, 6.07) is 0.720. The molecule has 1 unspecified atom stereocenters. The van der Waals surface area contributed by atoms with Crippen molar-refractivity contribution in [3.63, 3.8) is 0 Å². The quantitative estimate of drug-likeness (QED) is 0.301. The number of halogens is 3. The van der Waals surface area contributed by atoms with Gasteiger partial charge in [0.15, 0.2) is 22.5 Å². The fraction of sp³-hybridized carbons (Fsp3) is 0.500. The van der Waals surface area contributed by atoms with Crippen LogP contribution in [0.25, 0.3) is 0 Å². The number of amidine groups is 1. The van der Waals surface area contributed by atoms with E-state index < -0.39 is 44.8 Å². The summed E-state index contributed by atoms with van der Waals surface area (Å²) in [5.74, 6) is -3.04. The van der Waals surface area contributed by atoms with E-state index in [4.69, 9.17) is 21.1 Å². The van der Waals surface area contributed by atoms with Crippen LogP contribution in [0.15, 0.2) is 40.0 Å². The lowest BCUT2D eigenvalue weighted by Crippen LogP contribution is -2.47. The maximum absolute atomic E-state index is 14.5. The summed E-state index contributed by atoms with van der Waals surface area (Å²) in [5.41, 5.74) is 0.661. The summed E-state index contributed by atoms with van der Waals surface area (Å²) >= 11 is 7.53. The monoisotopic (exact) mass is 632 g/mol. The minimum Gasteiger partial charge on any atom is -0.466 e. The number of methoxy groups -OCH3 is 2. The molecule has 1 fully saturated rings. The van der Waals surface area contributed by atoms with Gasteiger partial charge in [-0.1, -0.05) is 17.7 Å². The molecule has 10 nitrogen and oxygen atoms in total. The average Bonchev–Trinajstić information content (AvgIpc) is 3.49. The molecule has 2 aliphatic rings. The third-order valence-electron chi connectivity index (χ3n) is 7.16. The zero-order chi connectivity index (χ0) is 29.9. The van der Waals surface area contributed by atoms with Crippen molar-refractivity contribution >= 4 is 44.8 Å². The molecule has 2 N–H and O–H groups in total. The first-order valence-electron chi connectivity index (χ1n) is 12.8. The van der Waals surface area contributed by atoms with Crippen molar-refractivity contribution in [2.24, 2.45) is 10.9 Å². The number of aromatic nitrogens is 1. The maximum Gasteiger partial charge on any atom is 0.338 e. The fourth-order valence-electron chi connectivity index (χ4n) is 5.31. The molecule has 0 amide bonds. The molecule has 1 aliphatic carbocycles. The second kappa shape index (κ2) is 13.2. The van der Waals surface area contributed by atoms with Gasteiger partial charge in [0.2, 0.25) is 10.0 Å². The van der Waals surface area contributed by atoms with E-state index in [0.717, 1.165) is 12.3 Å². The van der Waals surface area contributed by atoms with Crippen molar-refractivity contribution in [1.82, 2.24) is 14.6 Å². The van der Waals surface area contributed by atoms with Crippen LogP contribution >= 0.6 is 22.9 Å². The number of benzene rings is 1. The molecule has 4 rings (SSSR count). The van der Waals surface area contributed by atoms with Gasteiger partial charge in [0.1, 0.15) is 6.04 Å². The van der Waals surface area contributed by atoms with Crippen molar-refractivity contribution in [2.75, 3.05) is 33.6 Å². The Labute approximate surface area is 246 Å². The van der Waals surface area contributed by atoms with Crippen molar-refractivity contribution in [1.29, 1.82) is 0 Å². The number of thiazole rings is 1. The average molecular weight is 633 g/mol. The lowest BCUT2D eigenvalue weighted by atomic mass is 9.80. The Morgan fingerprint density at radius 1 is 1.27 bits per heavy atom. The Balaban J connectivity index is 1.72. The fourth-order valence-corrected chi connectivity index (χ4v) is 7.35. The predicted octanol–water partition coefficient (Wildman–Crippen LogP) is 3.42. The third kappa shape index (κ3) is 6.95. The molecule has 224 valence electrons. The van der Waals surface area contributed by atoms with Gasteiger partial charge >= 0.3 is 5.97 Å². The van der Waals surface area contributed by atoms with E-state index in [-0.39, 0.29) is 36.2 Å². The zero-order valence-corrected chi connectivity index (χ0v) is 25.0. The number of hydrogen-bond donors (Lipinski definition) is 2. The molecular weight excluding hydrogens is 602 g/mol. The van der Waals surface area contributed by atoms with Crippen LogP contribution in [0.4, 0.5) is 8.78 Å². The SMILES string of the molecule is COC[C@@H](O)CN([C@H]1CC[C@H](C2=C(C(=O)OC)C(c3ccc(F)c(F)c3Cl)N=C(c3nccs3)N2)CC1)S(C)(=O)=O. The number of rotatable bonds is 10. The molecule has 41 heavy (non-hydrogen) atoms. The Kier molecular flexibility index (Phi) is 10.1. The standard InChI is InChI=1S/C26H31ClF2N4O6S2/c1-38-13-16(34)12-33(41(3,36)37)15-6-4-14(5-7-15)22-19(26(35)39-2)23(17-8-9-18(28)21(29)20(17)27)32-24(31-22)25-30-10-11-40-25/h8-11,14-16,23,34H,4-7,12-13H2,1-3H3,(H,31,32)/t14-,15-,16-,23?/m0/s1. The van der Waals surface area contributed by atoms with Gasteiger partial charge in [-0.25, -0.2) is 27.0 Å². The summed E-state index contributed by atoms with van der Waals surface area (Å²) < 4.78 is 65.0. The van der Waals surface area contributed by atoms with Crippen LogP contribution in [0.2, 0.25) is 5.02 Å². The number of esters is 1. The topological polar surface area (TPSA) is 130 Å². The summed E-state index contributed by atoms with van der Waals surface area (Å²) in [6.45, 7) is -0.110. The van der Waals surface area contributed by atoms with Crippen molar-refractivity contribution in [3.8, 4) is 0 Å². The number of carbonyl (C=O) groups excluding carboxylic acids is 1. The van der Waals surface area contributed by atoms with Crippen LogP contribution in [0, 0.1) is 17.6 Å². The molecule has 1 aliphatic heterocycles. The van der Waals surface area contributed by atoms with E-state index >= 15 is 0 Å². The van der Waals surface area contributed by atoms with Gasteiger partial charge in [-0.15, -0.1) is 11.3 Å². The van der Waals surface area contributed by atoms with Gasteiger partial charge in [-0.3, -0.25) is 4.99 Å². The van der Waals surface area contributed by atoms with Crippen molar-refractivity contribution in [3.05, 3.63) is 62.2 Å². The van der Waals surface area contributed by atoms with E-state index in [1.165, 1.54) is 35.9 Å². The summed E-state index contributed by atoms with van der Waals surface area (Å²) in [7, 11) is -1.000. The summed E-state index contributed by atoms with van der Waals surface area (Å²) in [5, 5.41) is 15.2. The van der Waals surface area contributed by atoms with E-state index in [1.54, 1.807) is 11.6 Å². The molecule has 0 spiro atoms. The number of nitrogens with zero attached hydrogens (tertiary/aromatic N) is 3. The van der Waals surface area contributed by atoms with E-state index in [2.05, 4.69) is 15.3 Å². The highest BCUT2D eigenvalue weighted by atomic mass is 35.5. The molecule has 2 atom stereocenters. The molecular formula is C26H31ClF2N4O6S2. The molecule has 1 saturated carbocycles. The second-order valence-electron chi connectivity index (χ2n) is 9.87. The number of sulfonamides is 1. The Morgan fingerprint density at radius 2 is 1.98 bits per heavy atom. The Bertz CT molecular complexity index is 1430. The molecule has 15 heteroatoms. The molecule has 1 aromatic heterocycles. The molecule has 0 radical (unpaired) electrons. The third-order valence-corrected chi connectivity index (χ3v) is 9.63. The van der Waals surface area contributed by atoms with Crippen LogP contribution in [0.3, 0.4) is 0 Å². The predicted molar refractivity (Wildman–Crippen MR) is 150 cm³/mol. The highest BCUT2D eigenvalue weighted by molar-refractivity contribution is 7.88. The summed E-state index contributed by atoms with van der Waals surface area (Å²) in [4.78, 5) is 22.2. The number of aliphatic hydroxyl groups is 1. The van der Waals surface area contributed by atoms with E-state index in [1.807, 2.05) is 0 Å². The van der Waals surface area contributed by atoms with Gasteiger partial charge < -0.3 is 19.9 Å². The molecule has 1 aromatic carbocycles. The number of aliphatic imine (C=N–C) groups is 1. The normalized spacial score (nSPS) is 22.3. The molecule has 2 aromatic rings. The second-order valence-corrected chi connectivity index (χ2v) is 13.1. The van der Waals surface area contributed by atoms with Gasteiger partial charge in [-0.2, -0.15) is 4.31 Å². The molecule has 2 heterocycles. The van der Waals surface area contributed by atoms with Crippen LogP contribution in [-0.4, -0.2) is 80.4 Å². The van der Waals surface area contributed by atoms with Crippen LogP contribution in [0.5, 0.6) is 0 Å².